The van der Waals surface area contributed by atoms with Crippen LogP contribution in [0.15, 0.2) is 29.8 Å². The summed E-state index contributed by atoms with van der Waals surface area (Å²) in [5.41, 5.74) is 6.26. The van der Waals surface area contributed by atoms with Gasteiger partial charge in [0.1, 0.15) is 23.5 Å². The highest BCUT2D eigenvalue weighted by Gasteiger charge is 2.47. The van der Waals surface area contributed by atoms with Crippen LogP contribution in [-0.4, -0.2) is 36.7 Å². The van der Waals surface area contributed by atoms with E-state index in [0.29, 0.717) is 23.3 Å². The van der Waals surface area contributed by atoms with E-state index in [4.69, 9.17) is 19.9 Å². The molecule has 0 aromatic heterocycles. The van der Waals surface area contributed by atoms with Crippen LogP contribution >= 0.6 is 0 Å². The van der Waals surface area contributed by atoms with Crippen molar-refractivity contribution >= 4 is 23.3 Å². The predicted molar refractivity (Wildman–Crippen MR) is 109 cm³/mol. The molecule has 1 aliphatic heterocycles. The number of hydrogen-bond donors (Lipinski definition) is 1. The number of carbonyl (C=O) groups is 3. The summed E-state index contributed by atoms with van der Waals surface area (Å²) in [6.45, 7) is 7.54. The van der Waals surface area contributed by atoms with Gasteiger partial charge in [-0.05, 0) is 26.2 Å². The molecule has 0 radical (unpaired) electrons. The summed E-state index contributed by atoms with van der Waals surface area (Å²) in [5.74, 6) is -1.03. The van der Waals surface area contributed by atoms with Gasteiger partial charge in [0.25, 0.3) is 1.45 Å². The molecule has 3 rings (SSSR count). The second-order valence-electron chi connectivity index (χ2n) is 8.08. The first-order valence-corrected chi connectivity index (χ1v) is 9.18. The van der Waals surface area contributed by atoms with Crippen molar-refractivity contribution in [2.75, 3.05) is 0 Å². The molecule has 7 heteroatoms. The number of fused-ring (bicyclic) bond motifs is 2. The maximum absolute atomic E-state index is 12.6. The number of benzene rings is 1. The quantitative estimate of drug-likeness (QED) is 0.605. The normalized spacial score (nSPS) is 20.8. The van der Waals surface area contributed by atoms with Gasteiger partial charge in [-0.25, -0.2) is 0 Å². The Kier molecular flexibility index (Phi) is 6.95. The standard InChI is InChI=1S/C21H25NO5.CH4.FH/c1-11(2)9-15(22)20(25)26-16-10-14-18(24)17(23)12-7-5-6-8-13(12)19(14)27-21(16,3)4;;/h5-8,11,15-16H,9-10,22H2,1-4H3;1H4;1H/i/hT. The van der Waals surface area contributed by atoms with E-state index in [0.717, 1.165) is 0 Å². The maximum atomic E-state index is 12.6. The largest absolute Gasteiger partial charge is 0.483 e. The molecule has 0 spiro atoms. The number of halogens is 1. The lowest BCUT2D eigenvalue weighted by atomic mass is 9.81. The number of ether oxygens (including phenoxy) is 2. The lowest BCUT2D eigenvalue weighted by Gasteiger charge is -2.41. The zero-order chi connectivity index (χ0) is 21.9. The molecule has 0 amide bonds. The van der Waals surface area contributed by atoms with Crippen molar-refractivity contribution in [3.05, 3.63) is 41.0 Å². The molecule has 2 N–H and O–H groups in total. The molecule has 0 fully saturated rings. The van der Waals surface area contributed by atoms with Crippen LogP contribution in [-0.2, 0) is 19.1 Å². The molecule has 0 saturated heterocycles. The number of ketones is 2. The summed E-state index contributed by atoms with van der Waals surface area (Å²) in [6, 6.07) is 6.15. The van der Waals surface area contributed by atoms with Crippen LogP contribution in [0.3, 0.4) is 0 Å². The Morgan fingerprint density at radius 3 is 2.45 bits per heavy atom. The van der Waals surface area contributed by atoms with Gasteiger partial charge in [-0.1, -0.05) is 45.5 Å². The van der Waals surface area contributed by atoms with Crippen LogP contribution in [0.25, 0.3) is 5.76 Å². The molecule has 1 aromatic rings. The van der Waals surface area contributed by atoms with Gasteiger partial charge in [-0.2, -0.15) is 0 Å². The minimum atomic E-state index is -0.861. The Balaban J connectivity index is 0.00000146. The average molecular weight is 409 g/mol. The summed E-state index contributed by atoms with van der Waals surface area (Å²) in [4.78, 5) is 37.4. The lowest BCUT2D eigenvalue weighted by Crippen LogP contribution is -2.49. The van der Waals surface area contributed by atoms with Crippen molar-refractivity contribution in [1.82, 2.24) is 0 Å². The highest BCUT2D eigenvalue weighted by Crippen LogP contribution is 2.42. The SMILES string of the molecule is C.CC(C)CC(N)C(=O)OC1CC2=C(OC1(C)C)c1ccccc1C(=O)C2=O.[3H]F. The minimum Gasteiger partial charge on any atom is -0.483 e. The first kappa shape index (κ1) is 22.7. The summed E-state index contributed by atoms with van der Waals surface area (Å²) in [5, 5.41) is 0. The van der Waals surface area contributed by atoms with Crippen molar-refractivity contribution in [2.24, 2.45) is 11.7 Å². The molecule has 160 valence electrons. The van der Waals surface area contributed by atoms with Gasteiger partial charge < -0.3 is 15.2 Å². The second-order valence-corrected chi connectivity index (χ2v) is 8.08. The molecule has 2 aliphatic rings. The zero-order valence-corrected chi connectivity index (χ0v) is 16.5. The topological polar surface area (TPSA) is 95.7 Å². The number of nitrogens with two attached hydrogens (primary N) is 1. The molecule has 6 nitrogen and oxygen atoms in total. The smallest absolute Gasteiger partial charge is 0.323 e. The molecular formula is C22H30FNO5. The molecule has 1 aromatic carbocycles. The summed E-state index contributed by atoms with van der Waals surface area (Å²) < 4.78 is 24.7. The number of Topliss-reactive ketones (excluding diaryl/α,β-unsaturated/α-hetero) is 2. The molecule has 1 heterocycles. The van der Waals surface area contributed by atoms with Gasteiger partial charge in [-0.15, -0.1) is 0 Å². The number of rotatable bonds is 4. The Hall–Kier alpha value is -2.54. The monoisotopic (exact) mass is 409 g/mol. The molecule has 2 atom stereocenters. The minimum absolute atomic E-state index is 0. The molecule has 2 unspecified atom stereocenters. The Bertz CT molecular complexity index is 850. The summed E-state index contributed by atoms with van der Waals surface area (Å²) >= 11 is 0. The fourth-order valence-electron chi connectivity index (χ4n) is 3.48. The number of esters is 1. The summed E-state index contributed by atoms with van der Waals surface area (Å²) in [6.07, 6.45) is -0.0728. The molecule has 1 aliphatic carbocycles. The van der Waals surface area contributed by atoms with Crippen molar-refractivity contribution < 1.29 is 28.6 Å². The van der Waals surface area contributed by atoms with Gasteiger partial charge in [0.2, 0.25) is 11.6 Å². The van der Waals surface area contributed by atoms with Crippen molar-refractivity contribution in [2.45, 2.75) is 65.7 Å². The second kappa shape index (κ2) is 8.86. The third-order valence-electron chi connectivity index (χ3n) is 4.99. The van der Waals surface area contributed by atoms with E-state index in [1.54, 1.807) is 38.1 Å². The Labute approximate surface area is 172 Å². The van der Waals surface area contributed by atoms with Crippen LogP contribution in [0.5, 0.6) is 0 Å². The van der Waals surface area contributed by atoms with Crippen molar-refractivity contribution in [1.29, 1.82) is 1.45 Å². The first-order valence-electron chi connectivity index (χ1n) is 9.56. The maximum Gasteiger partial charge on any atom is 0.323 e. The van der Waals surface area contributed by atoms with Crippen LogP contribution in [0.2, 0.25) is 0 Å². The molecular weight excluding hydrogens is 377 g/mol. The van der Waals surface area contributed by atoms with E-state index in [-0.39, 0.29) is 25.3 Å². The Morgan fingerprint density at radius 2 is 1.86 bits per heavy atom. The van der Waals surface area contributed by atoms with Crippen LogP contribution in [0, 0.1) is 5.92 Å². The first-order chi connectivity index (χ1) is 13.6. The zero-order valence-electron chi connectivity index (χ0n) is 17.5. The average Bonchev–Trinajstić information content (AvgIpc) is 2.68. The van der Waals surface area contributed by atoms with E-state index in [1.165, 1.54) is 0 Å². The van der Waals surface area contributed by atoms with E-state index in [9.17, 15) is 14.4 Å². The fraction of sp³-hybridized carbons (Fsp3) is 0.500. The van der Waals surface area contributed by atoms with E-state index in [1.807, 2.05) is 13.8 Å². The highest BCUT2D eigenvalue weighted by molar-refractivity contribution is 6.52. The van der Waals surface area contributed by atoms with E-state index >= 15 is 0 Å². The van der Waals surface area contributed by atoms with E-state index in [2.05, 4.69) is 1.45 Å². The number of carbonyl (C=O) groups excluding carboxylic acids is 3. The van der Waals surface area contributed by atoms with Crippen molar-refractivity contribution in [3.8, 4) is 0 Å². The molecule has 29 heavy (non-hydrogen) atoms. The fourth-order valence-corrected chi connectivity index (χ4v) is 3.48. The van der Waals surface area contributed by atoms with Gasteiger partial charge in [0.05, 0.1) is 5.57 Å². The van der Waals surface area contributed by atoms with E-state index < -0.39 is 35.3 Å². The Morgan fingerprint density at radius 1 is 1.28 bits per heavy atom. The lowest BCUT2D eigenvalue weighted by molar-refractivity contribution is -0.165. The van der Waals surface area contributed by atoms with Gasteiger partial charge in [0, 0.05) is 17.5 Å². The molecule has 0 saturated carbocycles. The number of hydrogen-bond acceptors (Lipinski definition) is 6. The van der Waals surface area contributed by atoms with Crippen LogP contribution in [0.1, 0.15) is 63.9 Å². The van der Waals surface area contributed by atoms with Gasteiger partial charge in [0.15, 0.2) is 0 Å². The summed E-state index contributed by atoms with van der Waals surface area (Å²) in [7, 11) is 0. The highest BCUT2D eigenvalue weighted by atomic mass is 19.0. The van der Waals surface area contributed by atoms with Gasteiger partial charge >= 0.3 is 5.97 Å². The van der Waals surface area contributed by atoms with Crippen molar-refractivity contribution in [3.63, 3.8) is 0 Å². The van der Waals surface area contributed by atoms with Gasteiger partial charge in [-0.3, -0.25) is 19.1 Å². The predicted octanol–water partition coefficient (Wildman–Crippen LogP) is 3.44. The van der Waals surface area contributed by atoms with Crippen LogP contribution in [0.4, 0.5) is 4.72 Å². The van der Waals surface area contributed by atoms with Crippen LogP contribution < -0.4 is 5.73 Å². The molecule has 0 bridgehead atoms. The third-order valence-corrected chi connectivity index (χ3v) is 4.99. The third kappa shape index (κ3) is 4.56.